The van der Waals surface area contributed by atoms with Gasteiger partial charge < -0.3 is 10.2 Å². The highest BCUT2D eigenvalue weighted by Gasteiger charge is 2.38. The second-order valence-electron chi connectivity index (χ2n) is 5.34. The molecule has 3 nitrogen and oxygen atoms in total. The Labute approximate surface area is 109 Å². The van der Waals surface area contributed by atoms with E-state index >= 15 is 0 Å². The Morgan fingerprint density at radius 2 is 2.12 bits per heavy atom. The zero-order valence-electron chi connectivity index (χ0n) is 11.0. The first-order valence-electron chi connectivity index (χ1n) is 6.72. The van der Waals surface area contributed by atoms with Gasteiger partial charge in [-0.05, 0) is 39.0 Å². The van der Waals surface area contributed by atoms with Crippen molar-refractivity contribution in [3.63, 3.8) is 0 Å². The van der Waals surface area contributed by atoms with Crippen LogP contribution in [-0.4, -0.2) is 48.0 Å². The molecule has 1 aliphatic heterocycles. The molecule has 2 rings (SSSR count). The molecule has 0 bridgehead atoms. The Morgan fingerprint density at radius 1 is 1.41 bits per heavy atom. The highest BCUT2D eigenvalue weighted by molar-refractivity contribution is 8.00. The number of likely N-dealkylation sites (tertiary alicyclic amines) is 1. The van der Waals surface area contributed by atoms with E-state index in [1.165, 1.54) is 25.7 Å². The molecule has 0 radical (unpaired) electrons. The van der Waals surface area contributed by atoms with Gasteiger partial charge in [-0.3, -0.25) is 4.79 Å². The first-order valence-corrected chi connectivity index (χ1v) is 7.94. The van der Waals surface area contributed by atoms with Gasteiger partial charge in [-0.2, -0.15) is 11.8 Å². The molecule has 0 aromatic heterocycles. The maximum atomic E-state index is 12.3. The lowest BCUT2D eigenvalue weighted by molar-refractivity contribution is -0.136. The first-order chi connectivity index (χ1) is 8.21. The minimum Gasteiger partial charge on any atom is -0.340 e. The molecule has 1 N–H and O–H groups in total. The summed E-state index contributed by atoms with van der Waals surface area (Å²) < 4.78 is 0.352. The number of carbonyl (C=O) groups excluding carboxylic acids is 1. The third-order valence-corrected chi connectivity index (χ3v) is 5.71. The Morgan fingerprint density at radius 3 is 2.71 bits per heavy atom. The Balaban J connectivity index is 1.99. The molecule has 2 aliphatic rings. The quantitative estimate of drug-likeness (QED) is 0.833. The van der Waals surface area contributed by atoms with Gasteiger partial charge in [0.1, 0.15) is 0 Å². The number of piperidine rings is 1. The number of thioether (sulfide) groups is 1. The zero-order chi connectivity index (χ0) is 12.3. The van der Waals surface area contributed by atoms with Gasteiger partial charge >= 0.3 is 0 Å². The molecule has 0 spiro atoms. The van der Waals surface area contributed by atoms with Gasteiger partial charge in [0.15, 0.2) is 0 Å². The van der Waals surface area contributed by atoms with Gasteiger partial charge in [-0.1, -0.05) is 12.8 Å². The number of nitrogens with one attached hydrogen (secondary N) is 1. The molecule has 1 atom stereocenters. The predicted molar refractivity (Wildman–Crippen MR) is 73.4 cm³/mol. The number of likely N-dealkylation sites (N-methyl/N-ethyl adjacent to an activating group) is 1. The third-order valence-electron chi connectivity index (χ3n) is 4.31. The lowest BCUT2D eigenvalue weighted by Gasteiger charge is -2.38. The lowest BCUT2D eigenvalue weighted by Crippen LogP contribution is -2.53. The van der Waals surface area contributed by atoms with Crippen LogP contribution in [0.4, 0.5) is 0 Å². The summed E-state index contributed by atoms with van der Waals surface area (Å²) in [6.45, 7) is 1.92. The van der Waals surface area contributed by atoms with Crippen LogP contribution in [0.3, 0.4) is 0 Å². The van der Waals surface area contributed by atoms with Gasteiger partial charge in [0, 0.05) is 17.8 Å². The van der Waals surface area contributed by atoms with E-state index in [1.807, 2.05) is 18.8 Å². The summed E-state index contributed by atoms with van der Waals surface area (Å²) in [5.41, 5.74) is 0. The highest BCUT2D eigenvalue weighted by Crippen LogP contribution is 2.41. The molecule has 1 heterocycles. The molecule has 1 amide bonds. The van der Waals surface area contributed by atoms with Crippen molar-refractivity contribution in [2.45, 2.75) is 49.3 Å². The van der Waals surface area contributed by atoms with Gasteiger partial charge in [-0.25, -0.2) is 0 Å². The molecular formula is C13H24N2OS. The van der Waals surface area contributed by atoms with Crippen molar-refractivity contribution in [3.05, 3.63) is 0 Å². The van der Waals surface area contributed by atoms with Crippen molar-refractivity contribution in [2.75, 3.05) is 26.4 Å². The summed E-state index contributed by atoms with van der Waals surface area (Å²) in [5.74, 6) is 0.319. The molecule has 1 unspecified atom stereocenters. The number of carbonyl (C=O) groups is 1. The normalized spacial score (nSPS) is 28.7. The average Bonchev–Trinajstić information content (AvgIpc) is 2.81. The van der Waals surface area contributed by atoms with Crippen LogP contribution >= 0.6 is 11.8 Å². The van der Waals surface area contributed by atoms with Crippen molar-refractivity contribution in [1.29, 1.82) is 0 Å². The average molecular weight is 256 g/mol. The monoisotopic (exact) mass is 256 g/mol. The van der Waals surface area contributed by atoms with E-state index in [-0.39, 0.29) is 6.04 Å². The fourth-order valence-electron chi connectivity index (χ4n) is 3.16. The van der Waals surface area contributed by atoms with Gasteiger partial charge in [0.05, 0.1) is 6.04 Å². The maximum absolute atomic E-state index is 12.3. The molecule has 2 fully saturated rings. The minimum absolute atomic E-state index is 0.0593. The van der Waals surface area contributed by atoms with Crippen LogP contribution in [-0.2, 0) is 4.79 Å². The Bertz CT molecular complexity index is 277. The number of rotatable bonds is 4. The second-order valence-corrected chi connectivity index (χ2v) is 6.61. The van der Waals surface area contributed by atoms with Crippen molar-refractivity contribution in [3.8, 4) is 0 Å². The van der Waals surface area contributed by atoms with Crippen LogP contribution in [0.25, 0.3) is 0 Å². The zero-order valence-corrected chi connectivity index (χ0v) is 11.8. The largest absolute Gasteiger partial charge is 0.340 e. The number of hydrogen-bond donors (Lipinski definition) is 1. The minimum atomic E-state index is 0.0593. The fraction of sp³-hybridized carbons (Fsp3) is 0.923. The van der Waals surface area contributed by atoms with Gasteiger partial charge in [0.25, 0.3) is 0 Å². The van der Waals surface area contributed by atoms with Crippen LogP contribution in [0.1, 0.15) is 38.5 Å². The van der Waals surface area contributed by atoms with Crippen molar-refractivity contribution in [2.24, 2.45) is 0 Å². The van der Waals surface area contributed by atoms with Gasteiger partial charge in [0.2, 0.25) is 5.91 Å². The molecule has 4 heteroatoms. The van der Waals surface area contributed by atoms with Crippen LogP contribution < -0.4 is 5.32 Å². The highest BCUT2D eigenvalue weighted by atomic mass is 32.2. The summed E-state index contributed by atoms with van der Waals surface area (Å²) in [6.07, 6.45) is 9.57. The number of nitrogens with zero attached hydrogens (tertiary/aromatic N) is 1. The van der Waals surface area contributed by atoms with E-state index in [9.17, 15) is 4.79 Å². The van der Waals surface area contributed by atoms with E-state index in [0.717, 1.165) is 25.9 Å². The SMILES string of the molecule is CNC1CCCN(CC2(SC)CCCC2)C1=O. The molecule has 1 aliphatic carbocycles. The summed E-state index contributed by atoms with van der Waals surface area (Å²) in [6, 6.07) is 0.0593. The number of amides is 1. The fourth-order valence-corrected chi connectivity index (χ4v) is 4.14. The first kappa shape index (κ1) is 13.2. The smallest absolute Gasteiger partial charge is 0.239 e. The van der Waals surface area contributed by atoms with Crippen LogP contribution in [0.5, 0.6) is 0 Å². The van der Waals surface area contributed by atoms with Crippen LogP contribution in [0.2, 0.25) is 0 Å². The second kappa shape index (κ2) is 5.61. The van der Waals surface area contributed by atoms with E-state index in [2.05, 4.69) is 16.5 Å². The predicted octanol–water partition coefficient (Wildman–Crippen LogP) is 1.87. The molecule has 1 saturated carbocycles. The van der Waals surface area contributed by atoms with E-state index in [1.54, 1.807) is 0 Å². The van der Waals surface area contributed by atoms with E-state index in [0.29, 0.717) is 10.7 Å². The standard InChI is InChI=1S/C13H24N2OS/c1-14-11-6-5-9-15(12(11)16)10-13(17-2)7-3-4-8-13/h11,14H,3-10H2,1-2H3. The molecular weight excluding hydrogens is 232 g/mol. The maximum Gasteiger partial charge on any atom is 0.239 e. The molecule has 1 saturated heterocycles. The Kier molecular flexibility index (Phi) is 4.36. The lowest BCUT2D eigenvalue weighted by atomic mass is 10.0. The molecule has 0 aromatic carbocycles. The summed E-state index contributed by atoms with van der Waals surface area (Å²) in [4.78, 5) is 14.4. The molecule has 17 heavy (non-hydrogen) atoms. The Hall–Kier alpha value is -0.220. The molecule has 98 valence electrons. The summed E-state index contributed by atoms with van der Waals surface area (Å²) in [5, 5.41) is 3.14. The van der Waals surface area contributed by atoms with Gasteiger partial charge in [-0.15, -0.1) is 0 Å². The summed E-state index contributed by atoms with van der Waals surface area (Å²) >= 11 is 1.97. The number of hydrogen-bond acceptors (Lipinski definition) is 3. The van der Waals surface area contributed by atoms with Crippen LogP contribution in [0, 0.1) is 0 Å². The van der Waals surface area contributed by atoms with Crippen LogP contribution in [0.15, 0.2) is 0 Å². The molecule has 0 aromatic rings. The van der Waals surface area contributed by atoms with Crippen molar-refractivity contribution in [1.82, 2.24) is 10.2 Å². The van der Waals surface area contributed by atoms with Crippen molar-refractivity contribution >= 4 is 17.7 Å². The van der Waals surface area contributed by atoms with E-state index < -0.39 is 0 Å². The van der Waals surface area contributed by atoms with E-state index in [4.69, 9.17) is 0 Å². The van der Waals surface area contributed by atoms with Crippen molar-refractivity contribution < 1.29 is 4.79 Å². The summed E-state index contributed by atoms with van der Waals surface area (Å²) in [7, 11) is 1.89. The third kappa shape index (κ3) is 2.79. The topological polar surface area (TPSA) is 32.3 Å².